The van der Waals surface area contributed by atoms with E-state index in [1.807, 2.05) is 24.8 Å². The van der Waals surface area contributed by atoms with Gasteiger partial charge in [0.1, 0.15) is 17.1 Å². The highest BCUT2D eigenvalue weighted by Crippen LogP contribution is 2.46. The van der Waals surface area contributed by atoms with Gasteiger partial charge in [-0.05, 0) is 70.6 Å². The van der Waals surface area contributed by atoms with Crippen molar-refractivity contribution in [3.63, 3.8) is 0 Å². The molecule has 3 aliphatic rings. The molecule has 2 N–H and O–H groups in total. The Kier molecular flexibility index (Phi) is 6.98. The summed E-state index contributed by atoms with van der Waals surface area (Å²) in [7, 11) is 0. The van der Waals surface area contributed by atoms with E-state index >= 15 is 0 Å². The number of piperidine rings is 2. The number of phenolic OH excluding ortho intramolecular Hbond substituents is 1. The molecule has 0 aliphatic carbocycles. The summed E-state index contributed by atoms with van der Waals surface area (Å²) < 4.78 is 12.1. The normalized spacial score (nSPS) is 25.4. The summed E-state index contributed by atoms with van der Waals surface area (Å²) in [5.41, 5.74) is 0.511. The number of quaternary nitrogens is 1. The lowest BCUT2D eigenvalue weighted by atomic mass is 9.83. The van der Waals surface area contributed by atoms with Crippen LogP contribution in [0.15, 0.2) is 18.2 Å². The molecule has 7 nitrogen and oxygen atoms in total. The van der Waals surface area contributed by atoms with Crippen LogP contribution >= 0.6 is 0 Å². The Bertz CT molecular complexity index is 914. The highest BCUT2D eigenvalue weighted by Gasteiger charge is 2.52. The number of benzene rings is 1. The number of hydrogen-bond donors (Lipinski definition) is 2. The Labute approximate surface area is 196 Å². The van der Waals surface area contributed by atoms with E-state index in [9.17, 15) is 14.7 Å². The van der Waals surface area contributed by atoms with Crippen LogP contribution in [0.25, 0.3) is 6.08 Å². The molecule has 0 unspecified atom stereocenters. The number of esters is 1. The molecule has 7 heteroatoms. The molecule has 180 valence electrons. The van der Waals surface area contributed by atoms with Gasteiger partial charge in [0.25, 0.3) is 0 Å². The second kappa shape index (κ2) is 9.75. The minimum atomic E-state index is -0.734. The number of nitrogens with zero attached hydrogens (tertiary/aromatic N) is 1. The summed E-state index contributed by atoms with van der Waals surface area (Å²) in [6.45, 7) is 8.75. The van der Waals surface area contributed by atoms with Crippen molar-refractivity contribution in [1.29, 1.82) is 0 Å². The maximum atomic E-state index is 12.6. The average molecular weight is 458 g/mol. The SMILES string of the molecule is CC(=O)O[C@@H]1[C@H]([NH+]2CCCCC2)c2c(ccc(/C=C/C(=O)N3CCCCC3)c2O)OC1(C)C. The van der Waals surface area contributed by atoms with Crippen molar-refractivity contribution in [2.45, 2.75) is 77.0 Å². The Morgan fingerprint density at radius 1 is 1.12 bits per heavy atom. The molecule has 2 fully saturated rings. The Morgan fingerprint density at radius 2 is 1.79 bits per heavy atom. The van der Waals surface area contributed by atoms with E-state index in [1.165, 1.54) is 24.7 Å². The quantitative estimate of drug-likeness (QED) is 0.537. The van der Waals surface area contributed by atoms with Gasteiger partial charge in [-0.25, -0.2) is 0 Å². The molecular formula is C26H37N2O5+. The molecule has 2 atom stereocenters. The first kappa shape index (κ1) is 23.6. The molecular weight excluding hydrogens is 420 g/mol. The molecule has 0 radical (unpaired) electrons. The highest BCUT2D eigenvalue weighted by atomic mass is 16.6. The van der Waals surface area contributed by atoms with Crippen LogP contribution in [0.4, 0.5) is 0 Å². The van der Waals surface area contributed by atoms with Gasteiger partial charge in [0.05, 0.1) is 18.7 Å². The maximum Gasteiger partial charge on any atom is 0.303 e. The van der Waals surface area contributed by atoms with Crippen LogP contribution in [0.3, 0.4) is 0 Å². The molecule has 0 bridgehead atoms. The van der Waals surface area contributed by atoms with Crippen molar-refractivity contribution >= 4 is 18.0 Å². The average Bonchev–Trinajstić information content (AvgIpc) is 2.80. The molecule has 1 aromatic carbocycles. The van der Waals surface area contributed by atoms with Crippen molar-refractivity contribution in [2.24, 2.45) is 0 Å². The maximum absolute atomic E-state index is 12.6. The molecule has 0 saturated carbocycles. The van der Waals surface area contributed by atoms with E-state index in [2.05, 4.69) is 0 Å². The van der Waals surface area contributed by atoms with E-state index in [0.29, 0.717) is 16.9 Å². The summed E-state index contributed by atoms with van der Waals surface area (Å²) in [6.07, 6.45) is 9.33. The lowest BCUT2D eigenvalue weighted by Gasteiger charge is -2.46. The lowest BCUT2D eigenvalue weighted by Crippen LogP contribution is -3.14. The molecule has 0 aromatic heterocycles. The molecule has 3 aliphatic heterocycles. The number of likely N-dealkylation sites (tertiary alicyclic amines) is 2. The molecule has 1 aromatic rings. The van der Waals surface area contributed by atoms with Gasteiger partial charge in [0.15, 0.2) is 12.1 Å². The molecule has 0 spiro atoms. The Balaban J connectivity index is 1.70. The summed E-state index contributed by atoms with van der Waals surface area (Å²) in [6, 6.07) is 3.42. The monoisotopic (exact) mass is 457 g/mol. The Hall–Kier alpha value is -2.54. The third kappa shape index (κ3) is 5.03. The number of hydrogen-bond acceptors (Lipinski definition) is 5. The molecule has 33 heavy (non-hydrogen) atoms. The van der Waals surface area contributed by atoms with Gasteiger partial charge < -0.3 is 24.4 Å². The first-order chi connectivity index (χ1) is 15.8. The zero-order valence-electron chi connectivity index (χ0n) is 20.1. The van der Waals surface area contributed by atoms with Gasteiger partial charge in [-0.15, -0.1) is 0 Å². The van der Waals surface area contributed by atoms with Crippen molar-refractivity contribution in [2.75, 3.05) is 26.2 Å². The van der Waals surface area contributed by atoms with Crippen molar-refractivity contribution in [3.05, 3.63) is 29.3 Å². The van der Waals surface area contributed by atoms with Crippen molar-refractivity contribution in [3.8, 4) is 11.5 Å². The third-order valence-electron chi connectivity index (χ3n) is 7.18. The summed E-state index contributed by atoms with van der Waals surface area (Å²) >= 11 is 0. The van der Waals surface area contributed by atoms with E-state index in [4.69, 9.17) is 9.47 Å². The zero-order valence-corrected chi connectivity index (χ0v) is 20.1. The number of nitrogens with one attached hydrogen (secondary N) is 1. The molecule has 2 saturated heterocycles. The van der Waals surface area contributed by atoms with Crippen molar-refractivity contribution < 1.29 is 29.1 Å². The summed E-state index contributed by atoms with van der Waals surface area (Å²) in [5, 5.41) is 11.4. The predicted octanol–water partition coefficient (Wildman–Crippen LogP) is 2.63. The zero-order chi connectivity index (χ0) is 23.6. The van der Waals surface area contributed by atoms with Gasteiger partial charge in [-0.1, -0.05) is 0 Å². The minimum absolute atomic E-state index is 0.0276. The number of carbonyl (C=O) groups is 2. The van der Waals surface area contributed by atoms with Gasteiger partial charge >= 0.3 is 5.97 Å². The van der Waals surface area contributed by atoms with Crippen LogP contribution < -0.4 is 9.64 Å². The fraction of sp³-hybridized carbons (Fsp3) is 0.615. The summed E-state index contributed by atoms with van der Waals surface area (Å²) in [5.74, 6) is 0.332. The van der Waals surface area contributed by atoms with Crippen LogP contribution in [-0.4, -0.2) is 59.8 Å². The number of rotatable bonds is 4. The topological polar surface area (TPSA) is 80.5 Å². The fourth-order valence-corrected chi connectivity index (χ4v) is 5.53. The second-order valence-electron chi connectivity index (χ2n) is 10.1. The van der Waals surface area contributed by atoms with Crippen LogP contribution in [0.1, 0.15) is 76.5 Å². The minimum Gasteiger partial charge on any atom is -0.507 e. The van der Waals surface area contributed by atoms with Gasteiger partial charge in [-0.3, -0.25) is 9.59 Å². The predicted molar refractivity (Wildman–Crippen MR) is 125 cm³/mol. The van der Waals surface area contributed by atoms with Gasteiger partial charge in [0.2, 0.25) is 5.91 Å². The van der Waals surface area contributed by atoms with Crippen LogP contribution in [-0.2, 0) is 14.3 Å². The van der Waals surface area contributed by atoms with E-state index in [-0.39, 0.29) is 23.7 Å². The van der Waals surface area contributed by atoms with Gasteiger partial charge in [-0.2, -0.15) is 0 Å². The van der Waals surface area contributed by atoms with Crippen LogP contribution in [0.2, 0.25) is 0 Å². The van der Waals surface area contributed by atoms with Gasteiger partial charge in [0, 0.05) is 31.7 Å². The van der Waals surface area contributed by atoms with E-state index in [1.54, 1.807) is 18.2 Å². The fourth-order valence-electron chi connectivity index (χ4n) is 5.53. The molecule has 1 amide bonds. The summed E-state index contributed by atoms with van der Waals surface area (Å²) in [4.78, 5) is 27.8. The van der Waals surface area contributed by atoms with E-state index in [0.717, 1.165) is 51.9 Å². The molecule has 4 rings (SSSR count). The number of aromatic hydroxyl groups is 1. The van der Waals surface area contributed by atoms with E-state index < -0.39 is 11.7 Å². The first-order valence-electron chi connectivity index (χ1n) is 12.3. The second-order valence-corrected chi connectivity index (χ2v) is 10.1. The van der Waals surface area contributed by atoms with Crippen LogP contribution in [0.5, 0.6) is 11.5 Å². The Morgan fingerprint density at radius 3 is 2.45 bits per heavy atom. The number of carbonyl (C=O) groups excluding carboxylic acids is 2. The first-order valence-corrected chi connectivity index (χ1v) is 12.3. The highest BCUT2D eigenvalue weighted by molar-refractivity contribution is 5.92. The molecule has 3 heterocycles. The number of ether oxygens (including phenoxy) is 2. The number of fused-ring (bicyclic) bond motifs is 1. The number of amides is 1. The smallest absolute Gasteiger partial charge is 0.303 e. The third-order valence-corrected chi connectivity index (χ3v) is 7.18. The number of phenols is 1. The largest absolute Gasteiger partial charge is 0.507 e. The lowest BCUT2D eigenvalue weighted by molar-refractivity contribution is -0.941. The standard InChI is InChI=1S/C26H36N2O5/c1-18(29)32-25-23(28-16-8-5-9-17-28)22-20(33-26(25,2)3)12-10-19(24(22)31)11-13-21(30)27-14-6-4-7-15-27/h10-13,23,25,31H,4-9,14-17H2,1-3H3/p+1/b13-11+/t23-,25-/m1/s1. The van der Waals surface area contributed by atoms with Crippen LogP contribution in [0, 0.1) is 0 Å². The van der Waals surface area contributed by atoms with Crippen molar-refractivity contribution in [1.82, 2.24) is 4.90 Å².